The Balaban J connectivity index is 1.89. The summed E-state index contributed by atoms with van der Waals surface area (Å²) in [5.41, 5.74) is 2.10. The maximum absolute atomic E-state index is 12.6. The minimum Gasteiger partial charge on any atom is -0.494 e. The number of aromatic nitrogens is 3. The average Bonchev–Trinajstić information content (AvgIpc) is 3.02. The molecule has 7 nitrogen and oxygen atoms in total. The standard InChI is InChI=1S/C20H23ClN4O3/c1-12-5-6-14(21)18(22-12)19(26)24-15-11-25-10-13(7-8-20(2,3)27)23-17(25)9-16(15)28-4/h5-6,9-11,27H,7-8H2,1-4H3,(H,24,26). The molecule has 3 aromatic rings. The second-order valence-corrected chi connectivity index (χ2v) is 7.71. The Morgan fingerprint density at radius 1 is 1.32 bits per heavy atom. The van der Waals surface area contributed by atoms with E-state index in [0.29, 0.717) is 35.6 Å². The van der Waals surface area contributed by atoms with Crippen molar-refractivity contribution in [2.75, 3.05) is 12.4 Å². The Bertz CT molecular complexity index is 1020. The van der Waals surface area contributed by atoms with Gasteiger partial charge >= 0.3 is 0 Å². The van der Waals surface area contributed by atoms with Gasteiger partial charge in [0.1, 0.15) is 22.8 Å². The Hall–Kier alpha value is -2.64. The van der Waals surface area contributed by atoms with Crippen LogP contribution in [0.1, 0.15) is 42.1 Å². The number of carbonyl (C=O) groups excluding carboxylic acids is 1. The van der Waals surface area contributed by atoms with Crippen LogP contribution in [0, 0.1) is 6.92 Å². The van der Waals surface area contributed by atoms with Gasteiger partial charge in [-0.25, -0.2) is 9.97 Å². The van der Waals surface area contributed by atoms with Gasteiger partial charge in [-0.2, -0.15) is 0 Å². The minimum atomic E-state index is -0.757. The van der Waals surface area contributed by atoms with Crippen LogP contribution in [0.4, 0.5) is 5.69 Å². The fraction of sp³-hybridized carbons (Fsp3) is 0.350. The average molecular weight is 403 g/mol. The van der Waals surface area contributed by atoms with Crippen LogP contribution >= 0.6 is 11.6 Å². The lowest BCUT2D eigenvalue weighted by Gasteiger charge is -2.15. The van der Waals surface area contributed by atoms with E-state index < -0.39 is 11.5 Å². The lowest BCUT2D eigenvalue weighted by molar-refractivity contribution is 0.0711. The van der Waals surface area contributed by atoms with E-state index in [9.17, 15) is 9.90 Å². The summed E-state index contributed by atoms with van der Waals surface area (Å²) in [7, 11) is 1.53. The maximum atomic E-state index is 12.6. The van der Waals surface area contributed by atoms with E-state index in [1.165, 1.54) is 7.11 Å². The number of nitrogens with zero attached hydrogens (tertiary/aromatic N) is 3. The largest absolute Gasteiger partial charge is 0.494 e. The first-order valence-corrected chi connectivity index (χ1v) is 9.26. The number of halogens is 1. The highest BCUT2D eigenvalue weighted by atomic mass is 35.5. The van der Waals surface area contributed by atoms with Crippen molar-refractivity contribution >= 4 is 28.8 Å². The molecule has 0 saturated heterocycles. The molecule has 3 heterocycles. The van der Waals surface area contributed by atoms with Gasteiger partial charge in [0.05, 0.1) is 23.4 Å². The van der Waals surface area contributed by atoms with Crippen LogP contribution in [0.5, 0.6) is 5.75 Å². The van der Waals surface area contributed by atoms with E-state index in [4.69, 9.17) is 16.3 Å². The van der Waals surface area contributed by atoms with Crippen molar-refractivity contribution in [3.05, 3.63) is 52.7 Å². The molecule has 2 N–H and O–H groups in total. The van der Waals surface area contributed by atoms with Gasteiger partial charge in [0, 0.05) is 24.2 Å². The predicted molar refractivity (Wildman–Crippen MR) is 108 cm³/mol. The number of hydrogen-bond donors (Lipinski definition) is 2. The Morgan fingerprint density at radius 2 is 2.07 bits per heavy atom. The van der Waals surface area contributed by atoms with Gasteiger partial charge in [-0.1, -0.05) is 11.6 Å². The fourth-order valence-corrected chi connectivity index (χ4v) is 2.96. The molecule has 3 aromatic heterocycles. The van der Waals surface area contributed by atoms with Gasteiger partial charge in [-0.05, 0) is 45.7 Å². The highest BCUT2D eigenvalue weighted by Gasteiger charge is 2.17. The van der Waals surface area contributed by atoms with Crippen molar-refractivity contribution in [3.8, 4) is 5.75 Å². The smallest absolute Gasteiger partial charge is 0.275 e. The van der Waals surface area contributed by atoms with Crippen LogP contribution in [0.2, 0.25) is 5.02 Å². The van der Waals surface area contributed by atoms with Crippen molar-refractivity contribution in [2.24, 2.45) is 0 Å². The third-order valence-electron chi connectivity index (χ3n) is 4.27. The number of carbonyl (C=O) groups is 1. The van der Waals surface area contributed by atoms with Crippen molar-refractivity contribution in [3.63, 3.8) is 0 Å². The van der Waals surface area contributed by atoms with Gasteiger partial charge in [0.2, 0.25) is 0 Å². The number of imidazole rings is 1. The van der Waals surface area contributed by atoms with Crippen molar-refractivity contribution < 1.29 is 14.6 Å². The zero-order chi connectivity index (χ0) is 20.5. The predicted octanol–water partition coefficient (Wildman–Crippen LogP) is 3.66. The number of aliphatic hydroxyl groups is 1. The molecule has 8 heteroatoms. The Kier molecular flexibility index (Phi) is 5.58. The van der Waals surface area contributed by atoms with Crippen LogP contribution in [-0.2, 0) is 6.42 Å². The van der Waals surface area contributed by atoms with E-state index in [0.717, 1.165) is 5.69 Å². The van der Waals surface area contributed by atoms with Gasteiger partial charge < -0.3 is 19.6 Å². The molecule has 0 aliphatic carbocycles. The number of methoxy groups -OCH3 is 1. The maximum Gasteiger partial charge on any atom is 0.275 e. The number of ether oxygens (including phenoxy) is 1. The van der Waals surface area contributed by atoms with Crippen LogP contribution in [0.15, 0.2) is 30.6 Å². The van der Waals surface area contributed by atoms with E-state index >= 15 is 0 Å². The van der Waals surface area contributed by atoms with Crippen LogP contribution in [0.3, 0.4) is 0 Å². The molecule has 0 aromatic carbocycles. The number of anilines is 1. The summed E-state index contributed by atoms with van der Waals surface area (Å²) in [6, 6.07) is 5.13. The number of fused-ring (bicyclic) bond motifs is 1. The zero-order valence-electron chi connectivity index (χ0n) is 16.3. The van der Waals surface area contributed by atoms with Crippen LogP contribution in [-0.4, -0.2) is 38.1 Å². The van der Waals surface area contributed by atoms with E-state index in [2.05, 4.69) is 15.3 Å². The number of hydrogen-bond acceptors (Lipinski definition) is 5. The molecule has 0 fully saturated rings. The number of amides is 1. The highest BCUT2D eigenvalue weighted by Crippen LogP contribution is 2.27. The molecule has 3 rings (SSSR count). The first kappa shape index (κ1) is 20.1. The quantitative estimate of drug-likeness (QED) is 0.656. The normalized spacial score (nSPS) is 11.6. The monoisotopic (exact) mass is 402 g/mol. The highest BCUT2D eigenvalue weighted by molar-refractivity contribution is 6.34. The Morgan fingerprint density at radius 3 is 2.75 bits per heavy atom. The second kappa shape index (κ2) is 7.77. The van der Waals surface area contributed by atoms with Gasteiger partial charge in [-0.15, -0.1) is 0 Å². The summed E-state index contributed by atoms with van der Waals surface area (Å²) in [5, 5.41) is 13.0. The minimum absolute atomic E-state index is 0.153. The third kappa shape index (κ3) is 4.61. The molecule has 28 heavy (non-hydrogen) atoms. The summed E-state index contributed by atoms with van der Waals surface area (Å²) < 4.78 is 7.21. The first-order chi connectivity index (χ1) is 13.2. The summed E-state index contributed by atoms with van der Waals surface area (Å²) >= 11 is 6.11. The molecule has 0 saturated carbocycles. The van der Waals surface area contributed by atoms with E-state index in [1.807, 2.05) is 10.6 Å². The van der Waals surface area contributed by atoms with E-state index in [-0.39, 0.29) is 10.7 Å². The Labute approximate surface area is 168 Å². The molecular formula is C20H23ClN4O3. The molecule has 0 atom stereocenters. The molecule has 0 aliphatic heterocycles. The van der Waals surface area contributed by atoms with Gasteiger partial charge in [-0.3, -0.25) is 4.79 Å². The second-order valence-electron chi connectivity index (χ2n) is 7.30. The molecule has 0 bridgehead atoms. The lowest BCUT2D eigenvalue weighted by Crippen LogP contribution is -2.19. The lowest BCUT2D eigenvalue weighted by atomic mass is 10.0. The molecule has 1 amide bonds. The number of pyridine rings is 2. The van der Waals surface area contributed by atoms with Crippen LogP contribution in [0.25, 0.3) is 5.65 Å². The van der Waals surface area contributed by atoms with Crippen molar-refractivity contribution in [2.45, 2.75) is 39.2 Å². The molecule has 0 radical (unpaired) electrons. The topological polar surface area (TPSA) is 88.8 Å². The molecule has 0 unspecified atom stereocenters. The summed E-state index contributed by atoms with van der Waals surface area (Å²) in [6.07, 6.45) is 4.83. The number of nitrogens with one attached hydrogen (secondary N) is 1. The van der Waals surface area contributed by atoms with Crippen molar-refractivity contribution in [1.82, 2.24) is 14.4 Å². The third-order valence-corrected chi connectivity index (χ3v) is 4.57. The summed E-state index contributed by atoms with van der Waals surface area (Å²) in [6.45, 7) is 5.33. The number of aryl methyl sites for hydroxylation is 2. The first-order valence-electron chi connectivity index (χ1n) is 8.89. The van der Waals surface area contributed by atoms with E-state index in [1.54, 1.807) is 45.2 Å². The van der Waals surface area contributed by atoms with Crippen molar-refractivity contribution in [1.29, 1.82) is 0 Å². The fourth-order valence-electron chi connectivity index (χ4n) is 2.77. The van der Waals surface area contributed by atoms with Gasteiger partial charge in [0.15, 0.2) is 0 Å². The molecule has 148 valence electrons. The zero-order valence-corrected chi connectivity index (χ0v) is 17.0. The molecule has 0 aliphatic rings. The SMILES string of the molecule is COc1cc2nc(CCC(C)(C)O)cn2cc1NC(=O)c1nc(C)ccc1Cl. The van der Waals surface area contributed by atoms with Crippen LogP contribution < -0.4 is 10.1 Å². The summed E-state index contributed by atoms with van der Waals surface area (Å²) in [5.74, 6) is 0.0537. The summed E-state index contributed by atoms with van der Waals surface area (Å²) in [4.78, 5) is 21.4. The molecule has 0 spiro atoms. The number of rotatable bonds is 6. The molecular weight excluding hydrogens is 380 g/mol. The van der Waals surface area contributed by atoms with Gasteiger partial charge in [0.25, 0.3) is 5.91 Å².